The van der Waals surface area contributed by atoms with Crippen molar-refractivity contribution in [1.29, 1.82) is 0 Å². The van der Waals surface area contributed by atoms with Crippen LogP contribution < -0.4 is 5.32 Å². The lowest BCUT2D eigenvalue weighted by Crippen LogP contribution is -2.55. The summed E-state index contributed by atoms with van der Waals surface area (Å²) in [6, 6.07) is 1.11. The number of aliphatic hydroxyl groups is 1. The van der Waals surface area contributed by atoms with Crippen molar-refractivity contribution in [3.8, 4) is 0 Å². The number of aliphatic hydroxyl groups excluding tert-OH is 1. The molecule has 0 radical (unpaired) electrons. The maximum atomic E-state index is 9.97. The molecular formula is C17H35N3O. The first-order chi connectivity index (χ1) is 9.97. The summed E-state index contributed by atoms with van der Waals surface area (Å²) in [6.07, 6.45) is 4.87. The number of rotatable bonds is 6. The third-order valence-corrected chi connectivity index (χ3v) is 5.65. The molecule has 0 aromatic carbocycles. The summed E-state index contributed by atoms with van der Waals surface area (Å²) in [5, 5.41) is 13.6. The van der Waals surface area contributed by atoms with E-state index >= 15 is 0 Å². The van der Waals surface area contributed by atoms with Gasteiger partial charge in [0.1, 0.15) is 0 Å². The molecule has 124 valence electrons. The van der Waals surface area contributed by atoms with E-state index in [0.717, 1.165) is 6.42 Å². The van der Waals surface area contributed by atoms with Gasteiger partial charge in [-0.1, -0.05) is 20.3 Å². The number of hydrogen-bond acceptors (Lipinski definition) is 4. The standard InChI is InChI=1S/C17H35N3O/c1-14(2)18-17(13-21)8-5-6-16(17)7-9-20-11-10-19(4)15(3)12-20/h14-16,18,21H,5-13H2,1-4H3. The number of likely N-dealkylation sites (N-methyl/N-ethyl adjacent to an activating group) is 1. The number of hydrogen-bond donors (Lipinski definition) is 2. The van der Waals surface area contributed by atoms with E-state index in [1.54, 1.807) is 0 Å². The van der Waals surface area contributed by atoms with E-state index < -0.39 is 0 Å². The lowest BCUT2D eigenvalue weighted by atomic mass is 9.84. The van der Waals surface area contributed by atoms with Crippen LogP contribution in [0.5, 0.6) is 0 Å². The molecule has 2 rings (SSSR count). The molecule has 21 heavy (non-hydrogen) atoms. The Balaban J connectivity index is 1.86. The summed E-state index contributed by atoms with van der Waals surface area (Å²) in [7, 11) is 2.22. The van der Waals surface area contributed by atoms with Crippen LogP contribution in [0.15, 0.2) is 0 Å². The van der Waals surface area contributed by atoms with Gasteiger partial charge in [0.25, 0.3) is 0 Å². The SMILES string of the molecule is CC(C)NC1(CO)CCCC1CCN1CCN(C)C(C)C1. The van der Waals surface area contributed by atoms with Crippen molar-refractivity contribution in [1.82, 2.24) is 15.1 Å². The van der Waals surface area contributed by atoms with Gasteiger partial charge in [-0.05, 0) is 45.7 Å². The third-order valence-electron chi connectivity index (χ3n) is 5.65. The van der Waals surface area contributed by atoms with E-state index in [1.807, 2.05) is 0 Å². The summed E-state index contributed by atoms with van der Waals surface area (Å²) in [6.45, 7) is 11.7. The maximum absolute atomic E-state index is 9.97. The first-order valence-corrected chi connectivity index (χ1v) is 8.78. The summed E-state index contributed by atoms with van der Waals surface area (Å²) in [5.41, 5.74) is -0.0215. The van der Waals surface area contributed by atoms with E-state index in [4.69, 9.17) is 0 Å². The van der Waals surface area contributed by atoms with Gasteiger partial charge in [-0.2, -0.15) is 0 Å². The van der Waals surface area contributed by atoms with E-state index in [2.05, 4.69) is 42.9 Å². The van der Waals surface area contributed by atoms with E-state index in [1.165, 1.54) is 45.4 Å². The molecule has 2 fully saturated rings. The highest BCUT2D eigenvalue weighted by Gasteiger charge is 2.42. The zero-order chi connectivity index (χ0) is 15.5. The highest BCUT2D eigenvalue weighted by atomic mass is 16.3. The van der Waals surface area contributed by atoms with Crippen molar-refractivity contribution < 1.29 is 5.11 Å². The lowest BCUT2D eigenvalue weighted by molar-refractivity contribution is 0.0786. The zero-order valence-corrected chi connectivity index (χ0v) is 14.4. The van der Waals surface area contributed by atoms with Crippen molar-refractivity contribution in [2.75, 3.05) is 39.8 Å². The van der Waals surface area contributed by atoms with Crippen molar-refractivity contribution in [2.45, 2.75) is 64.1 Å². The van der Waals surface area contributed by atoms with Crippen molar-refractivity contribution in [3.63, 3.8) is 0 Å². The van der Waals surface area contributed by atoms with Gasteiger partial charge in [-0.15, -0.1) is 0 Å². The van der Waals surface area contributed by atoms with Gasteiger partial charge in [0.05, 0.1) is 6.61 Å². The molecule has 2 aliphatic rings. The van der Waals surface area contributed by atoms with Gasteiger partial charge in [-0.25, -0.2) is 0 Å². The van der Waals surface area contributed by atoms with Crippen LogP contribution in [0.4, 0.5) is 0 Å². The first-order valence-electron chi connectivity index (χ1n) is 8.78. The minimum atomic E-state index is -0.0215. The van der Waals surface area contributed by atoms with Crippen molar-refractivity contribution in [3.05, 3.63) is 0 Å². The Labute approximate surface area is 130 Å². The van der Waals surface area contributed by atoms with E-state index in [0.29, 0.717) is 18.0 Å². The molecule has 1 saturated carbocycles. The summed E-state index contributed by atoms with van der Waals surface area (Å²) >= 11 is 0. The van der Waals surface area contributed by atoms with E-state index in [9.17, 15) is 5.11 Å². The second-order valence-electron chi connectivity index (χ2n) is 7.62. The van der Waals surface area contributed by atoms with Crippen molar-refractivity contribution in [2.24, 2.45) is 5.92 Å². The maximum Gasteiger partial charge on any atom is 0.0616 e. The Kier molecular flexibility index (Phi) is 6.06. The van der Waals surface area contributed by atoms with Gasteiger partial charge in [0.2, 0.25) is 0 Å². The first kappa shape index (κ1) is 17.2. The van der Waals surface area contributed by atoms with Crippen molar-refractivity contribution >= 4 is 0 Å². The Hall–Kier alpha value is -0.160. The summed E-state index contributed by atoms with van der Waals surface area (Å²) in [5.74, 6) is 0.625. The average molecular weight is 297 g/mol. The molecule has 0 spiro atoms. The second-order valence-corrected chi connectivity index (χ2v) is 7.62. The topological polar surface area (TPSA) is 38.7 Å². The molecule has 2 N–H and O–H groups in total. The van der Waals surface area contributed by atoms with Crippen LogP contribution in [0.2, 0.25) is 0 Å². The fourth-order valence-electron chi connectivity index (χ4n) is 4.25. The van der Waals surface area contributed by atoms with Crippen LogP contribution in [-0.2, 0) is 0 Å². The van der Waals surface area contributed by atoms with Gasteiger partial charge >= 0.3 is 0 Å². The number of nitrogens with zero attached hydrogens (tertiary/aromatic N) is 2. The number of piperazine rings is 1. The van der Waals surface area contributed by atoms with Gasteiger partial charge in [0, 0.05) is 37.3 Å². The van der Waals surface area contributed by atoms with Crippen LogP contribution in [0.1, 0.15) is 46.5 Å². The zero-order valence-electron chi connectivity index (χ0n) is 14.4. The van der Waals surface area contributed by atoms with E-state index in [-0.39, 0.29) is 12.1 Å². The van der Waals surface area contributed by atoms with Crippen LogP contribution >= 0.6 is 0 Å². The molecule has 0 bridgehead atoms. The highest BCUT2D eigenvalue weighted by molar-refractivity contribution is 5.00. The minimum Gasteiger partial charge on any atom is -0.394 e. The normalized spacial score (nSPS) is 35.7. The second kappa shape index (κ2) is 7.40. The Morgan fingerprint density at radius 2 is 2.10 bits per heavy atom. The van der Waals surface area contributed by atoms with Gasteiger partial charge in [-0.3, -0.25) is 0 Å². The third kappa shape index (κ3) is 4.19. The van der Waals surface area contributed by atoms with Crippen LogP contribution in [-0.4, -0.2) is 72.4 Å². The fourth-order valence-corrected chi connectivity index (χ4v) is 4.25. The van der Waals surface area contributed by atoms with Crippen LogP contribution in [0, 0.1) is 5.92 Å². The smallest absolute Gasteiger partial charge is 0.0616 e. The Morgan fingerprint density at radius 1 is 1.33 bits per heavy atom. The largest absolute Gasteiger partial charge is 0.394 e. The lowest BCUT2D eigenvalue weighted by Gasteiger charge is -2.40. The minimum absolute atomic E-state index is 0.0215. The van der Waals surface area contributed by atoms with Crippen LogP contribution in [0.3, 0.4) is 0 Å². The average Bonchev–Trinajstić information content (AvgIpc) is 2.82. The quantitative estimate of drug-likeness (QED) is 0.780. The molecule has 3 atom stereocenters. The monoisotopic (exact) mass is 297 g/mol. The molecule has 1 aliphatic carbocycles. The Morgan fingerprint density at radius 3 is 2.71 bits per heavy atom. The molecule has 3 unspecified atom stereocenters. The van der Waals surface area contributed by atoms with Gasteiger partial charge < -0.3 is 20.2 Å². The van der Waals surface area contributed by atoms with Gasteiger partial charge in [0.15, 0.2) is 0 Å². The van der Waals surface area contributed by atoms with Crippen LogP contribution in [0.25, 0.3) is 0 Å². The predicted octanol–water partition coefficient (Wildman–Crippen LogP) is 1.54. The highest BCUT2D eigenvalue weighted by Crippen LogP contribution is 2.38. The Bertz CT molecular complexity index is 323. The molecular weight excluding hydrogens is 262 g/mol. The predicted molar refractivity (Wildman–Crippen MR) is 88.6 cm³/mol. The molecule has 0 amide bonds. The molecule has 4 nitrogen and oxygen atoms in total. The molecule has 1 saturated heterocycles. The summed E-state index contributed by atoms with van der Waals surface area (Å²) < 4.78 is 0. The molecule has 1 aliphatic heterocycles. The molecule has 1 heterocycles. The molecule has 0 aromatic heterocycles. The molecule has 0 aromatic rings. The number of nitrogens with one attached hydrogen (secondary N) is 1. The molecule has 4 heteroatoms. The summed E-state index contributed by atoms with van der Waals surface area (Å²) in [4.78, 5) is 5.06. The fraction of sp³-hybridized carbons (Fsp3) is 1.00.